The molecule has 1 saturated heterocycles. The molecule has 4 rings (SSSR count). The predicted octanol–water partition coefficient (Wildman–Crippen LogP) is 5.36. The Morgan fingerprint density at radius 1 is 1.14 bits per heavy atom. The van der Waals surface area contributed by atoms with E-state index in [9.17, 15) is 4.79 Å². The Bertz CT molecular complexity index is 985. The van der Waals surface area contributed by atoms with Gasteiger partial charge in [-0.2, -0.15) is 0 Å². The number of nitrogens with zero attached hydrogens (tertiary/aromatic N) is 1. The summed E-state index contributed by atoms with van der Waals surface area (Å²) in [5.41, 5.74) is 1.58. The summed E-state index contributed by atoms with van der Waals surface area (Å²) < 4.78 is 12.7. The summed E-state index contributed by atoms with van der Waals surface area (Å²) in [7, 11) is 0. The molecule has 0 spiro atoms. The highest BCUT2D eigenvalue weighted by molar-refractivity contribution is 9.10. The van der Waals surface area contributed by atoms with Gasteiger partial charge in [0.25, 0.3) is 5.91 Å². The van der Waals surface area contributed by atoms with Crippen molar-refractivity contribution in [2.24, 2.45) is 0 Å². The third kappa shape index (κ3) is 3.89. The summed E-state index contributed by atoms with van der Waals surface area (Å²) in [5.74, 6) is 1.99. The van der Waals surface area contributed by atoms with Crippen LogP contribution in [0.15, 0.2) is 43.6 Å². The Hall–Kier alpha value is -2.05. The van der Waals surface area contributed by atoms with Crippen molar-refractivity contribution in [1.82, 2.24) is 10.2 Å². The second-order valence-electron chi connectivity index (χ2n) is 7.47. The van der Waals surface area contributed by atoms with Gasteiger partial charge in [-0.15, -0.1) is 0 Å². The van der Waals surface area contributed by atoms with Crippen LogP contribution in [-0.2, 0) is 0 Å². The van der Waals surface area contributed by atoms with E-state index in [0.717, 1.165) is 45.6 Å². The highest BCUT2D eigenvalue weighted by atomic mass is 79.9. The number of aryl methyl sites for hydroxylation is 2. The number of carbonyl (C=O) groups excluding carboxylic acids is 1. The van der Waals surface area contributed by atoms with E-state index in [1.54, 1.807) is 0 Å². The van der Waals surface area contributed by atoms with E-state index in [1.807, 2.05) is 44.2 Å². The van der Waals surface area contributed by atoms with Crippen LogP contribution in [0.25, 0.3) is 11.0 Å². The van der Waals surface area contributed by atoms with E-state index in [2.05, 4.69) is 26.1 Å². The van der Waals surface area contributed by atoms with Gasteiger partial charge in [0.05, 0.1) is 6.04 Å². The standard InChI is InChI=1S/C22H25BrN2O3/c1-14-6-8-20(27-14)18(25-10-4-3-5-11-25)13-24-22(26)21-15(2)17-12-16(23)7-9-19(17)28-21/h6-9,12,18H,3-5,10-11,13H2,1-2H3,(H,24,26)/t18-/m0/s1. The number of fused-ring (bicyclic) bond motifs is 1. The maximum atomic E-state index is 12.9. The first-order chi connectivity index (χ1) is 13.5. The molecule has 148 valence electrons. The van der Waals surface area contributed by atoms with Crippen molar-refractivity contribution in [1.29, 1.82) is 0 Å². The fourth-order valence-electron chi connectivity index (χ4n) is 3.95. The lowest BCUT2D eigenvalue weighted by Crippen LogP contribution is -2.40. The number of hydrogen-bond acceptors (Lipinski definition) is 4. The van der Waals surface area contributed by atoms with Crippen molar-refractivity contribution in [2.45, 2.75) is 39.2 Å². The molecular formula is C22H25BrN2O3. The molecular weight excluding hydrogens is 420 g/mol. The Labute approximate surface area is 173 Å². The lowest BCUT2D eigenvalue weighted by atomic mass is 10.1. The first-order valence-corrected chi connectivity index (χ1v) is 10.6. The number of benzene rings is 1. The molecule has 1 fully saturated rings. The van der Waals surface area contributed by atoms with Gasteiger partial charge in [0.1, 0.15) is 17.1 Å². The molecule has 2 aromatic heterocycles. The van der Waals surface area contributed by atoms with Crippen LogP contribution in [-0.4, -0.2) is 30.4 Å². The molecule has 1 atom stereocenters. The van der Waals surface area contributed by atoms with E-state index < -0.39 is 0 Å². The number of likely N-dealkylation sites (tertiary alicyclic amines) is 1. The minimum atomic E-state index is -0.185. The maximum Gasteiger partial charge on any atom is 0.287 e. The van der Waals surface area contributed by atoms with E-state index in [1.165, 1.54) is 19.3 Å². The van der Waals surface area contributed by atoms with Crippen molar-refractivity contribution in [3.63, 3.8) is 0 Å². The van der Waals surface area contributed by atoms with Crippen molar-refractivity contribution >= 4 is 32.8 Å². The van der Waals surface area contributed by atoms with E-state index in [-0.39, 0.29) is 11.9 Å². The zero-order chi connectivity index (χ0) is 19.7. The van der Waals surface area contributed by atoms with Gasteiger partial charge < -0.3 is 14.2 Å². The fourth-order valence-corrected chi connectivity index (χ4v) is 4.31. The van der Waals surface area contributed by atoms with E-state index in [4.69, 9.17) is 8.83 Å². The molecule has 0 aliphatic carbocycles. The smallest absolute Gasteiger partial charge is 0.287 e. The van der Waals surface area contributed by atoms with Crippen molar-refractivity contribution in [2.75, 3.05) is 19.6 Å². The zero-order valence-corrected chi connectivity index (χ0v) is 17.8. The Morgan fingerprint density at radius 3 is 2.64 bits per heavy atom. The minimum Gasteiger partial charge on any atom is -0.465 e. The SMILES string of the molecule is Cc1ccc([C@H](CNC(=O)c2oc3ccc(Br)cc3c2C)N2CCCCC2)o1. The second kappa shape index (κ2) is 8.13. The molecule has 3 heterocycles. The molecule has 1 amide bonds. The van der Waals surface area contributed by atoms with Crippen molar-refractivity contribution in [3.8, 4) is 0 Å². The third-order valence-corrected chi connectivity index (χ3v) is 5.97. The number of nitrogens with one attached hydrogen (secondary N) is 1. The molecule has 1 N–H and O–H groups in total. The Kier molecular flexibility index (Phi) is 5.60. The van der Waals surface area contributed by atoms with Gasteiger partial charge in [0.15, 0.2) is 5.76 Å². The molecule has 1 aliphatic heterocycles. The van der Waals surface area contributed by atoms with Gasteiger partial charge in [0, 0.05) is 22.0 Å². The lowest BCUT2D eigenvalue weighted by Gasteiger charge is -2.33. The topological polar surface area (TPSA) is 58.6 Å². The largest absolute Gasteiger partial charge is 0.465 e. The number of hydrogen-bond donors (Lipinski definition) is 1. The summed E-state index contributed by atoms with van der Waals surface area (Å²) in [6.45, 7) is 6.42. The maximum absolute atomic E-state index is 12.9. The molecule has 6 heteroatoms. The van der Waals surface area contributed by atoms with Crippen molar-refractivity contribution in [3.05, 3.63) is 57.6 Å². The summed E-state index contributed by atoms with van der Waals surface area (Å²) in [4.78, 5) is 15.3. The minimum absolute atomic E-state index is 0.0387. The van der Waals surface area contributed by atoms with Crippen LogP contribution in [0.3, 0.4) is 0 Å². The van der Waals surface area contributed by atoms with Gasteiger partial charge in [-0.3, -0.25) is 9.69 Å². The molecule has 28 heavy (non-hydrogen) atoms. The number of carbonyl (C=O) groups is 1. The number of halogens is 1. The molecule has 1 aromatic carbocycles. The summed E-state index contributed by atoms with van der Waals surface area (Å²) in [6.07, 6.45) is 3.63. The molecule has 0 unspecified atom stereocenters. The highest BCUT2D eigenvalue weighted by Gasteiger charge is 2.26. The average molecular weight is 445 g/mol. The molecule has 0 radical (unpaired) electrons. The lowest BCUT2D eigenvalue weighted by molar-refractivity contribution is 0.0888. The Morgan fingerprint density at radius 2 is 1.93 bits per heavy atom. The first kappa shape index (κ1) is 19.3. The fraction of sp³-hybridized carbons (Fsp3) is 0.409. The summed E-state index contributed by atoms with van der Waals surface area (Å²) >= 11 is 3.48. The van der Waals surface area contributed by atoms with Crippen LogP contribution in [0.2, 0.25) is 0 Å². The number of rotatable bonds is 5. The molecule has 0 saturated carbocycles. The van der Waals surface area contributed by atoms with Crippen LogP contribution in [0.4, 0.5) is 0 Å². The van der Waals surface area contributed by atoms with Gasteiger partial charge in [-0.05, 0) is 70.1 Å². The van der Waals surface area contributed by atoms with Gasteiger partial charge >= 0.3 is 0 Å². The molecule has 1 aliphatic rings. The summed E-state index contributed by atoms with van der Waals surface area (Å²) in [5, 5.41) is 4.03. The van der Waals surface area contributed by atoms with Crippen LogP contribution in [0.5, 0.6) is 0 Å². The second-order valence-corrected chi connectivity index (χ2v) is 8.38. The highest BCUT2D eigenvalue weighted by Crippen LogP contribution is 2.29. The number of piperidine rings is 1. The van der Waals surface area contributed by atoms with Gasteiger partial charge in [-0.25, -0.2) is 0 Å². The quantitative estimate of drug-likeness (QED) is 0.574. The summed E-state index contributed by atoms with van der Waals surface area (Å²) in [6, 6.07) is 9.81. The van der Waals surface area contributed by atoms with Crippen LogP contribution < -0.4 is 5.32 Å². The van der Waals surface area contributed by atoms with Crippen LogP contribution in [0.1, 0.15) is 52.9 Å². The number of furan rings is 2. The molecule has 3 aromatic rings. The third-order valence-electron chi connectivity index (χ3n) is 5.48. The first-order valence-electron chi connectivity index (χ1n) is 9.80. The Balaban J connectivity index is 1.53. The zero-order valence-electron chi connectivity index (χ0n) is 16.3. The molecule has 0 bridgehead atoms. The predicted molar refractivity (Wildman–Crippen MR) is 113 cm³/mol. The van der Waals surface area contributed by atoms with E-state index >= 15 is 0 Å². The van der Waals surface area contributed by atoms with E-state index in [0.29, 0.717) is 12.3 Å². The monoisotopic (exact) mass is 444 g/mol. The normalized spacial score (nSPS) is 16.4. The van der Waals surface area contributed by atoms with Crippen molar-refractivity contribution < 1.29 is 13.6 Å². The molecule has 5 nitrogen and oxygen atoms in total. The van der Waals surface area contributed by atoms with Gasteiger partial charge in [0.2, 0.25) is 0 Å². The van der Waals surface area contributed by atoms with Crippen LogP contribution >= 0.6 is 15.9 Å². The van der Waals surface area contributed by atoms with Gasteiger partial charge in [-0.1, -0.05) is 22.4 Å². The van der Waals surface area contributed by atoms with Crippen LogP contribution in [0, 0.1) is 13.8 Å². The average Bonchev–Trinajstić information content (AvgIpc) is 3.26. The number of amides is 1.